The zero-order valence-electron chi connectivity index (χ0n) is 17.7. The first-order valence-corrected chi connectivity index (χ1v) is 11.2. The van der Waals surface area contributed by atoms with Gasteiger partial charge < -0.3 is 0 Å². The number of halogens is 1. The molecule has 0 radical (unpaired) electrons. The molecule has 0 amide bonds. The molecule has 5 aromatic rings. The lowest BCUT2D eigenvalue weighted by molar-refractivity contribution is 0.424. The minimum absolute atomic E-state index is 0.801. The molecule has 0 saturated carbocycles. The maximum Gasteiger partial charge on any atom is 0.0960 e. The van der Waals surface area contributed by atoms with Crippen LogP contribution in [0.25, 0.3) is 38.4 Å². The minimum atomic E-state index is 0.801. The highest BCUT2D eigenvalue weighted by Crippen LogP contribution is 2.33. The summed E-state index contributed by atoms with van der Waals surface area (Å²) in [5, 5.41) is 9.31. The second-order valence-electron chi connectivity index (χ2n) is 8.05. The van der Waals surface area contributed by atoms with Crippen molar-refractivity contribution in [1.82, 2.24) is 10.1 Å². The number of hydrazone groups is 1. The van der Waals surface area contributed by atoms with Crippen molar-refractivity contribution in [2.45, 2.75) is 0 Å². The fourth-order valence-electron chi connectivity index (χ4n) is 4.44. The normalized spacial score (nSPS) is 13.5. The highest BCUT2D eigenvalue weighted by molar-refractivity contribution is 6.20. The van der Waals surface area contributed by atoms with Gasteiger partial charge in [-0.3, -0.25) is 5.43 Å². The molecule has 0 atom stereocenters. The van der Waals surface area contributed by atoms with E-state index in [-0.39, 0.29) is 0 Å². The maximum atomic E-state index is 6.40. The summed E-state index contributed by atoms with van der Waals surface area (Å²) in [4.78, 5) is 0. The smallest absolute Gasteiger partial charge is 0.0960 e. The van der Waals surface area contributed by atoms with E-state index in [0.29, 0.717) is 0 Å². The molecule has 4 heteroatoms. The van der Waals surface area contributed by atoms with E-state index in [0.717, 1.165) is 22.5 Å². The molecular formula is C29H20ClN3. The van der Waals surface area contributed by atoms with E-state index in [4.69, 9.17) is 11.8 Å². The van der Waals surface area contributed by atoms with Crippen LogP contribution in [0.3, 0.4) is 0 Å². The zero-order chi connectivity index (χ0) is 22.2. The number of benzene rings is 5. The molecule has 0 aliphatic carbocycles. The molecule has 158 valence electrons. The van der Waals surface area contributed by atoms with Crippen LogP contribution in [0.1, 0.15) is 11.1 Å². The van der Waals surface area contributed by atoms with Crippen molar-refractivity contribution in [2.24, 2.45) is 5.10 Å². The number of rotatable bonds is 3. The summed E-state index contributed by atoms with van der Waals surface area (Å²) in [5.74, 6) is 0. The fraction of sp³-hybridized carbons (Fsp3) is 0. The lowest BCUT2D eigenvalue weighted by Gasteiger charge is -2.23. The Balaban J connectivity index is 1.45. The van der Waals surface area contributed by atoms with Gasteiger partial charge in [0, 0.05) is 11.1 Å². The van der Waals surface area contributed by atoms with Gasteiger partial charge in [0.05, 0.1) is 23.2 Å². The molecule has 5 aromatic carbocycles. The monoisotopic (exact) mass is 445 g/mol. The third-order valence-corrected chi connectivity index (χ3v) is 6.20. The Morgan fingerprint density at radius 1 is 0.606 bits per heavy atom. The van der Waals surface area contributed by atoms with E-state index >= 15 is 0 Å². The molecule has 0 fully saturated rings. The molecule has 33 heavy (non-hydrogen) atoms. The first-order chi connectivity index (χ1) is 16.3. The van der Waals surface area contributed by atoms with Crippen molar-refractivity contribution in [1.29, 1.82) is 0 Å². The van der Waals surface area contributed by atoms with Gasteiger partial charge >= 0.3 is 0 Å². The van der Waals surface area contributed by atoms with Gasteiger partial charge in [-0.05, 0) is 44.8 Å². The maximum absolute atomic E-state index is 6.40. The van der Waals surface area contributed by atoms with Crippen LogP contribution in [-0.4, -0.2) is 10.3 Å². The predicted molar refractivity (Wildman–Crippen MR) is 139 cm³/mol. The first-order valence-electron chi connectivity index (χ1n) is 10.9. The average Bonchev–Trinajstić information content (AvgIpc) is 2.88. The Labute approximate surface area is 197 Å². The molecule has 0 saturated heterocycles. The molecular weight excluding hydrogens is 426 g/mol. The summed E-state index contributed by atoms with van der Waals surface area (Å²) >= 11 is 6.40. The SMILES string of the molecule is ClN1N=C(c2ccc(-c3ccccc3)cc2)C=C(c2cc3ccccc3c3ccccc23)N1. The lowest BCUT2D eigenvalue weighted by atomic mass is 9.94. The van der Waals surface area contributed by atoms with E-state index in [1.807, 2.05) is 6.07 Å². The highest BCUT2D eigenvalue weighted by Gasteiger charge is 2.17. The number of allylic oxidation sites excluding steroid dienone is 1. The predicted octanol–water partition coefficient (Wildman–Crippen LogP) is 7.38. The van der Waals surface area contributed by atoms with Gasteiger partial charge in [-0.1, -0.05) is 103 Å². The van der Waals surface area contributed by atoms with Crippen LogP contribution < -0.4 is 5.43 Å². The van der Waals surface area contributed by atoms with E-state index in [1.165, 1.54) is 37.3 Å². The van der Waals surface area contributed by atoms with E-state index in [2.05, 4.69) is 120 Å². The zero-order valence-corrected chi connectivity index (χ0v) is 18.5. The Morgan fingerprint density at radius 2 is 1.21 bits per heavy atom. The molecule has 6 rings (SSSR count). The Bertz CT molecular complexity index is 1540. The van der Waals surface area contributed by atoms with Crippen LogP contribution >= 0.6 is 11.8 Å². The number of hydrazine groups is 1. The van der Waals surface area contributed by atoms with Crippen LogP contribution in [0.15, 0.2) is 120 Å². The Morgan fingerprint density at radius 3 is 2.00 bits per heavy atom. The van der Waals surface area contributed by atoms with Gasteiger partial charge in [-0.2, -0.15) is 0 Å². The molecule has 1 N–H and O–H groups in total. The minimum Gasteiger partial charge on any atom is -0.266 e. The molecule has 3 nitrogen and oxygen atoms in total. The lowest BCUT2D eigenvalue weighted by Crippen LogP contribution is -2.29. The number of hydrogen-bond donors (Lipinski definition) is 1. The third-order valence-electron chi connectivity index (χ3n) is 6.04. The summed E-state index contributed by atoms with van der Waals surface area (Å²) < 4.78 is 1.26. The van der Waals surface area contributed by atoms with Crippen molar-refractivity contribution in [3.63, 3.8) is 0 Å². The van der Waals surface area contributed by atoms with Gasteiger partial charge in [0.2, 0.25) is 0 Å². The molecule has 1 aliphatic rings. The molecule has 0 aromatic heterocycles. The largest absolute Gasteiger partial charge is 0.266 e. The van der Waals surface area contributed by atoms with Gasteiger partial charge in [-0.25, -0.2) is 0 Å². The van der Waals surface area contributed by atoms with Gasteiger partial charge in [0.1, 0.15) is 0 Å². The van der Waals surface area contributed by atoms with Crippen molar-refractivity contribution in [3.8, 4) is 11.1 Å². The summed E-state index contributed by atoms with van der Waals surface area (Å²) in [7, 11) is 0. The molecule has 0 unspecified atom stereocenters. The Kier molecular flexibility index (Phi) is 4.82. The number of fused-ring (bicyclic) bond motifs is 3. The second-order valence-corrected chi connectivity index (χ2v) is 8.37. The van der Waals surface area contributed by atoms with Crippen LogP contribution in [0.2, 0.25) is 0 Å². The van der Waals surface area contributed by atoms with E-state index in [1.54, 1.807) is 0 Å². The average molecular weight is 446 g/mol. The number of nitrogens with one attached hydrogen (secondary N) is 1. The van der Waals surface area contributed by atoms with Gasteiger partial charge in [-0.15, -0.1) is 9.74 Å². The van der Waals surface area contributed by atoms with Crippen LogP contribution in [0.4, 0.5) is 0 Å². The van der Waals surface area contributed by atoms with Crippen molar-refractivity contribution in [3.05, 3.63) is 126 Å². The van der Waals surface area contributed by atoms with Crippen LogP contribution in [0, 0.1) is 0 Å². The van der Waals surface area contributed by atoms with E-state index < -0.39 is 0 Å². The number of nitrogens with zero attached hydrogens (tertiary/aromatic N) is 2. The van der Waals surface area contributed by atoms with Crippen molar-refractivity contribution in [2.75, 3.05) is 0 Å². The van der Waals surface area contributed by atoms with Crippen molar-refractivity contribution < 1.29 is 0 Å². The second kappa shape index (κ2) is 8.12. The van der Waals surface area contributed by atoms with Crippen LogP contribution in [-0.2, 0) is 0 Å². The topological polar surface area (TPSA) is 27.6 Å². The summed E-state index contributed by atoms with van der Waals surface area (Å²) in [6.45, 7) is 0. The van der Waals surface area contributed by atoms with Gasteiger partial charge in [0.15, 0.2) is 0 Å². The summed E-state index contributed by atoms with van der Waals surface area (Å²) in [5.41, 5.74) is 9.35. The molecule has 0 spiro atoms. The van der Waals surface area contributed by atoms with E-state index in [9.17, 15) is 0 Å². The van der Waals surface area contributed by atoms with Crippen molar-refractivity contribution >= 4 is 44.7 Å². The van der Waals surface area contributed by atoms with Gasteiger partial charge in [0.25, 0.3) is 0 Å². The highest BCUT2D eigenvalue weighted by atomic mass is 35.5. The fourth-order valence-corrected chi connectivity index (χ4v) is 4.61. The summed E-state index contributed by atoms with van der Waals surface area (Å²) in [6.07, 6.45) is 2.06. The Hall–Kier alpha value is -4.08. The molecule has 0 bridgehead atoms. The third kappa shape index (κ3) is 3.63. The standard InChI is InChI=1S/C29H20ClN3/c30-33-31-28(22-16-14-21(15-17-22)20-8-2-1-3-9-20)19-29(32-33)27-18-23-10-4-5-11-24(23)25-12-6-7-13-26(25)27/h1-19,32H. The quantitative estimate of drug-likeness (QED) is 0.232. The van der Waals surface area contributed by atoms with Crippen LogP contribution in [0.5, 0.6) is 0 Å². The molecule has 1 aliphatic heterocycles. The number of hydrogen-bond acceptors (Lipinski definition) is 3. The first kappa shape index (κ1) is 19.6. The summed E-state index contributed by atoms with van der Waals surface area (Å²) in [6, 6.07) is 37.9. The molecule has 1 heterocycles.